The molecule has 2 N–H and O–H groups in total. The molecule has 4 nitrogen and oxygen atoms in total. The first-order valence-corrected chi connectivity index (χ1v) is 5.22. The van der Waals surface area contributed by atoms with E-state index in [4.69, 9.17) is 4.74 Å². The Kier molecular flexibility index (Phi) is 8.22. The summed E-state index contributed by atoms with van der Waals surface area (Å²) in [5.41, 5.74) is 0. The monoisotopic (exact) mass is 220 g/mol. The zero-order chi connectivity index (χ0) is 11.7. The van der Waals surface area contributed by atoms with Gasteiger partial charge in [-0.3, -0.25) is 4.79 Å². The highest BCUT2D eigenvalue weighted by atomic mass is 19.1. The van der Waals surface area contributed by atoms with E-state index in [0.717, 1.165) is 0 Å². The van der Waals surface area contributed by atoms with Crippen molar-refractivity contribution in [2.45, 2.75) is 33.0 Å². The Morgan fingerprint density at radius 1 is 1.47 bits per heavy atom. The summed E-state index contributed by atoms with van der Waals surface area (Å²) < 4.78 is 18.1. The zero-order valence-corrected chi connectivity index (χ0v) is 9.68. The Morgan fingerprint density at radius 2 is 2.13 bits per heavy atom. The van der Waals surface area contributed by atoms with E-state index in [9.17, 15) is 9.18 Å². The van der Waals surface area contributed by atoms with Crippen molar-refractivity contribution in [2.24, 2.45) is 0 Å². The average Bonchev–Trinajstić information content (AvgIpc) is 2.13. The second-order valence-electron chi connectivity index (χ2n) is 3.72. The van der Waals surface area contributed by atoms with Crippen molar-refractivity contribution in [1.82, 2.24) is 10.6 Å². The van der Waals surface area contributed by atoms with Gasteiger partial charge >= 0.3 is 0 Å². The summed E-state index contributed by atoms with van der Waals surface area (Å²) in [6.07, 6.45) is -1.13. The summed E-state index contributed by atoms with van der Waals surface area (Å²) in [6.45, 7) is 6.68. The van der Waals surface area contributed by atoms with Crippen LogP contribution in [0.25, 0.3) is 0 Å². The molecule has 0 aromatic carbocycles. The van der Waals surface area contributed by atoms with Crippen LogP contribution >= 0.6 is 0 Å². The van der Waals surface area contributed by atoms with E-state index in [2.05, 4.69) is 10.6 Å². The Bertz CT molecular complexity index is 177. The maximum atomic E-state index is 13.0. The van der Waals surface area contributed by atoms with E-state index in [1.54, 1.807) is 0 Å². The van der Waals surface area contributed by atoms with Gasteiger partial charge in [-0.15, -0.1) is 0 Å². The van der Waals surface area contributed by atoms with Crippen molar-refractivity contribution in [3.63, 3.8) is 0 Å². The molecule has 0 radical (unpaired) electrons. The van der Waals surface area contributed by atoms with Crippen molar-refractivity contribution in [1.29, 1.82) is 0 Å². The summed E-state index contributed by atoms with van der Waals surface area (Å²) in [6, 6.07) is 0.411. The molecule has 1 atom stereocenters. The number of alkyl halides is 1. The van der Waals surface area contributed by atoms with Gasteiger partial charge in [0, 0.05) is 19.5 Å². The van der Waals surface area contributed by atoms with Crippen LogP contribution in [0.2, 0.25) is 0 Å². The quantitative estimate of drug-likeness (QED) is 0.585. The number of carbonyl (C=O) groups excluding carboxylic acids is 1. The second kappa shape index (κ2) is 8.61. The smallest absolute Gasteiger partial charge is 0.216 e. The number of hydrogen-bond donors (Lipinski definition) is 2. The largest absolute Gasteiger partial charge is 0.377 e. The van der Waals surface area contributed by atoms with Crippen molar-refractivity contribution in [2.75, 3.05) is 26.3 Å². The number of rotatable bonds is 8. The summed E-state index contributed by atoms with van der Waals surface area (Å²) in [7, 11) is 0. The van der Waals surface area contributed by atoms with Crippen LogP contribution in [0.1, 0.15) is 20.8 Å². The summed E-state index contributed by atoms with van der Waals surface area (Å²) >= 11 is 0. The first kappa shape index (κ1) is 14.3. The number of amides is 1. The molecule has 0 spiro atoms. The van der Waals surface area contributed by atoms with Crippen LogP contribution in [0.15, 0.2) is 0 Å². The van der Waals surface area contributed by atoms with E-state index in [1.165, 1.54) is 6.92 Å². The highest BCUT2D eigenvalue weighted by molar-refractivity contribution is 5.72. The minimum Gasteiger partial charge on any atom is -0.377 e. The highest BCUT2D eigenvalue weighted by Crippen LogP contribution is 1.90. The van der Waals surface area contributed by atoms with Gasteiger partial charge < -0.3 is 15.4 Å². The van der Waals surface area contributed by atoms with Crippen molar-refractivity contribution < 1.29 is 13.9 Å². The maximum absolute atomic E-state index is 13.0. The fraction of sp³-hybridized carbons (Fsp3) is 0.900. The average molecular weight is 220 g/mol. The molecule has 5 heteroatoms. The van der Waals surface area contributed by atoms with Crippen LogP contribution in [-0.4, -0.2) is 44.4 Å². The van der Waals surface area contributed by atoms with Gasteiger partial charge in [-0.05, 0) is 0 Å². The van der Waals surface area contributed by atoms with Crippen LogP contribution < -0.4 is 10.6 Å². The van der Waals surface area contributed by atoms with Gasteiger partial charge in [-0.2, -0.15) is 0 Å². The number of carbonyl (C=O) groups is 1. The molecular weight excluding hydrogens is 199 g/mol. The van der Waals surface area contributed by atoms with Gasteiger partial charge in [0.05, 0.1) is 19.8 Å². The van der Waals surface area contributed by atoms with E-state index < -0.39 is 6.17 Å². The number of hydrogen-bond acceptors (Lipinski definition) is 3. The Morgan fingerprint density at radius 3 is 2.67 bits per heavy atom. The van der Waals surface area contributed by atoms with Gasteiger partial charge in [0.2, 0.25) is 5.91 Å². The SMILES string of the molecule is CC(=O)NCC(F)COCCNC(C)C. The predicted octanol–water partition coefficient (Wildman–Crippen LogP) is 0.475. The molecule has 0 bridgehead atoms. The zero-order valence-electron chi connectivity index (χ0n) is 9.68. The molecule has 0 aromatic heterocycles. The van der Waals surface area contributed by atoms with Gasteiger partial charge in [0.25, 0.3) is 0 Å². The third-order valence-electron chi connectivity index (χ3n) is 1.67. The fourth-order valence-corrected chi connectivity index (χ4v) is 0.944. The molecule has 90 valence electrons. The van der Waals surface area contributed by atoms with E-state index in [-0.39, 0.29) is 19.1 Å². The van der Waals surface area contributed by atoms with Crippen molar-refractivity contribution in [3.05, 3.63) is 0 Å². The molecule has 0 saturated heterocycles. The Balaban J connectivity index is 3.23. The molecule has 0 rings (SSSR count). The molecule has 0 aromatic rings. The molecule has 0 heterocycles. The van der Waals surface area contributed by atoms with Crippen molar-refractivity contribution >= 4 is 5.91 Å². The predicted molar refractivity (Wildman–Crippen MR) is 57.5 cm³/mol. The molecule has 1 unspecified atom stereocenters. The molecule has 0 aliphatic heterocycles. The summed E-state index contributed by atoms with van der Waals surface area (Å²) in [4.78, 5) is 10.5. The number of nitrogens with one attached hydrogen (secondary N) is 2. The first-order valence-electron chi connectivity index (χ1n) is 5.22. The molecule has 1 amide bonds. The van der Waals surface area contributed by atoms with Crippen LogP contribution in [-0.2, 0) is 9.53 Å². The van der Waals surface area contributed by atoms with Crippen LogP contribution in [0.4, 0.5) is 4.39 Å². The first-order chi connectivity index (χ1) is 7.02. The third kappa shape index (κ3) is 11.2. The second-order valence-corrected chi connectivity index (χ2v) is 3.72. The number of halogens is 1. The molecule has 15 heavy (non-hydrogen) atoms. The van der Waals surface area contributed by atoms with Gasteiger partial charge in [-0.25, -0.2) is 4.39 Å². The standard InChI is InChI=1S/C10H21FN2O2/c1-8(2)12-4-5-15-7-10(11)6-13-9(3)14/h8,10,12H,4-7H2,1-3H3,(H,13,14). The third-order valence-corrected chi connectivity index (χ3v) is 1.67. The highest BCUT2D eigenvalue weighted by Gasteiger charge is 2.06. The van der Waals surface area contributed by atoms with E-state index >= 15 is 0 Å². The van der Waals surface area contributed by atoms with Crippen LogP contribution in [0.3, 0.4) is 0 Å². The number of ether oxygens (including phenoxy) is 1. The van der Waals surface area contributed by atoms with Crippen LogP contribution in [0, 0.1) is 0 Å². The van der Waals surface area contributed by atoms with Gasteiger partial charge in [0.1, 0.15) is 6.17 Å². The molecule has 0 saturated carbocycles. The van der Waals surface area contributed by atoms with Crippen LogP contribution in [0.5, 0.6) is 0 Å². The minimum absolute atomic E-state index is 0.0208. The minimum atomic E-state index is -1.13. The Hall–Kier alpha value is -0.680. The summed E-state index contributed by atoms with van der Waals surface area (Å²) in [5.74, 6) is -0.223. The summed E-state index contributed by atoms with van der Waals surface area (Å²) in [5, 5.41) is 5.55. The normalized spacial score (nSPS) is 12.9. The fourth-order valence-electron chi connectivity index (χ4n) is 0.944. The van der Waals surface area contributed by atoms with E-state index in [0.29, 0.717) is 19.2 Å². The lowest BCUT2D eigenvalue weighted by molar-refractivity contribution is -0.119. The van der Waals surface area contributed by atoms with E-state index in [1.807, 2.05) is 13.8 Å². The molecule has 0 aliphatic rings. The van der Waals surface area contributed by atoms with Gasteiger partial charge in [-0.1, -0.05) is 13.8 Å². The maximum Gasteiger partial charge on any atom is 0.216 e. The lowest BCUT2D eigenvalue weighted by atomic mass is 10.4. The molecule has 0 fully saturated rings. The lowest BCUT2D eigenvalue weighted by Crippen LogP contribution is -2.32. The lowest BCUT2D eigenvalue weighted by Gasteiger charge is -2.11. The topological polar surface area (TPSA) is 50.4 Å². The molecular formula is C10H21FN2O2. The Labute approximate surface area is 90.6 Å². The van der Waals surface area contributed by atoms with Crippen molar-refractivity contribution in [3.8, 4) is 0 Å². The molecule has 0 aliphatic carbocycles. The van der Waals surface area contributed by atoms with Gasteiger partial charge in [0.15, 0.2) is 0 Å².